The topological polar surface area (TPSA) is 75.4 Å². The van der Waals surface area contributed by atoms with Crippen LogP contribution in [0.4, 0.5) is 0 Å². The van der Waals surface area contributed by atoms with Crippen LogP contribution in [0.2, 0.25) is 0 Å². The van der Waals surface area contributed by atoms with Crippen molar-refractivity contribution in [3.05, 3.63) is 42.2 Å². The first-order valence-electron chi connectivity index (χ1n) is 10.6. The van der Waals surface area contributed by atoms with Crippen LogP contribution in [0.25, 0.3) is 11.3 Å². The van der Waals surface area contributed by atoms with Gasteiger partial charge in [0, 0.05) is 36.6 Å². The second kappa shape index (κ2) is 8.01. The Hall–Kier alpha value is -2.63. The summed E-state index contributed by atoms with van der Waals surface area (Å²) in [5.74, 6) is 0.732. The number of rotatable bonds is 6. The van der Waals surface area contributed by atoms with Crippen LogP contribution >= 0.6 is 0 Å². The normalized spacial score (nSPS) is 22.0. The molecule has 2 aliphatic rings. The minimum Gasteiger partial charge on any atom is -0.361 e. The molecule has 0 spiro atoms. The Labute approximate surface area is 171 Å². The highest BCUT2D eigenvalue weighted by molar-refractivity contribution is 5.93. The minimum atomic E-state index is -0.898. The molecule has 1 aromatic heterocycles. The van der Waals surface area contributed by atoms with E-state index in [4.69, 9.17) is 4.52 Å². The monoisotopic (exact) mass is 395 g/mol. The van der Waals surface area contributed by atoms with Gasteiger partial charge < -0.3 is 14.7 Å². The van der Waals surface area contributed by atoms with Gasteiger partial charge in [0.1, 0.15) is 17.0 Å². The van der Waals surface area contributed by atoms with Crippen LogP contribution in [0.3, 0.4) is 0 Å². The third-order valence-electron chi connectivity index (χ3n) is 6.15. The molecule has 1 aliphatic heterocycles. The number of likely N-dealkylation sites (tertiary alicyclic amines) is 1. The van der Waals surface area contributed by atoms with Gasteiger partial charge >= 0.3 is 0 Å². The molecule has 2 aromatic rings. The summed E-state index contributed by atoms with van der Waals surface area (Å²) in [6.45, 7) is 4.52. The van der Waals surface area contributed by atoms with Gasteiger partial charge in [0.2, 0.25) is 11.8 Å². The average molecular weight is 396 g/mol. The molecule has 1 atom stereocenters. The van der Waals surface area contributed by atoms with Gasteiger partial charge in [-0.2, -0.15) is 0 Å². The zero-order valence-electron chi connectivity index (χ0n) is 17.2. The standard InChI is InChI=1S/C23H29N3O3/c1-16(2)24-22(28)23(12-7-13-26(23)21(27)18-10-6-11-18)15-19-14-20(25-29-19)17-8-4-3-5-9-17/h3-5,8-9,14,16,18H,6-7,10-13,15H2,1-2H3,(H,24,28)/t23-/m1/s1. The molecule has 6 heteroatoms. The molecule has 2 amide bonds. The van der Waals surface area contributed by atoms with E-state index in [-0.39, 0.29) is 23.8 Å². The van der Waals surface area contributed by atoms with E-state index < -0.39 is 5.54 Å². The third-order valence-corrected chi connectivity index (χ3v) is 6.15. The molecule has 1 aliphatic carbocycles. The molecule has 2 heterocycles. The van der Waals surface area contributed by atoms with Crippen LogP contribution in [0.1, 0.15) is 51.7 Å². The van der Waals surface area contributed by atoms with Crippen molar-refractivity contribution in [2.75, 3.05) is 6.54 Å². The Balaban J connectivity index is 1.63. The van der Waals surface area contributed by atoms with Crippen LogP contribution < -0.4 is 5.32 Å². The maximum atomic E-state index is 13.3. The number of amides is 2. The molecule has 2 fully saturated rings. The quantitative estimate of drug-likeness (QED) is 0.811. The molecule has 0 unspecified atom stereocenters. The summed E-state index contributed by atoms with van der Waals surface area (Å²) in [4.78, 5) is 28.3. The Kier molecular flexibility index (Phi) is 5.43. The van der Waals surface area contributed by atoms with Crippen molar-refractivity contribution < 1.29 is 14.1 Å². The van der Waals surface area contributed by atoms with Crippen LogP contribution in [0, 0.1) is 5.92 Å². The fourth-order valence-electron chi connectivity index (χ4n) is 4.40. The lowest BCUT2D eigenvalue weighted by atomic mass is 9.82. The summed E-state index contributed by atoms with van der Waals surface area (Å²) in [5.41, 5.74) is 0.816. The highest BCUT2D eigenvalue weighted by Gasteiger charge is 2.52. The lowest BCUT2D eigenvalue weighted by Crippen LogP contribution is -2.61. The zero-order chi connectivity index (χ0) is 20.4. The largest absolute Gasteiger partial charge is 0.361 e. The van der Waals surface area contributed by atoms with Gasteiger partial charge in [0.15, 0.2) is 0 Å². The molecule has 4 rings (SSSR count). The van der Waals surface area contributed by atoms with E-state index in [1.807, 2.05) is 55.1 Å². The number of aromatic nitrogens is 1. The average Bonchev–Trinajstić information content (AvgIpc) is 3.28. The van der Waals surface area contributed by atoms with E-state index in [9.17, 15) is 9.59 Å². The summed E-state index contributed by atoms with van der Waals surface area (Å²) in [6, 6.07) is 11.7. The number of hydrogen-bond donors (Lipinski definition) is 1. The summed E-state index contributed by atoms with van der Waals surface area (Å²) >= 11 is 0. The first-order chi connectivity index (χ1) is 14.0. The van der Waals surface area contributed by atoms with E-state index in [2.05, 4.69) is 10.5 Å². The van der Waals surface area contributed by atoms with Gasteiger partial charge in [-0.3, -0.25) is 9.59 Å². The minimum absolute atomic E-state index is 0.00948. The first kappa shape index (κ1) is 19.7. The van der Waals surface area contributed by atoms with Crippen LogP contribution in [-0.4, -0.2) is 40.0 Å². The number of carbonyl (C=O) groups is 2. The van der Waals surface area contributed by atoms with Crippen LogP contribution in [-0.2, 0) is 16.0 Å². The first-order valence-corrected chi connectivity index (χ1v) is 10.6. The Bertz CT molecular complexity index is 873. The molecular weight excluding hydrogens is 366 g/mol. The van der Waals surface area contributed by atoms with E-state index in [0.29, 0.717) is 25.1 Å². The maximum absolute atomic E-state index is 13.3. The molecule has 1 N–H and O–H groups in total. The van der Waals surface area contributed by atoms with Crippen molar-refractivity contribution in [1.82, 2.24) is 15.4 Å². The molecular formula is C23H29N3O3. The SMILES string of the molecule is CC(C)NC(=O)[C@]1(Cc2cc(-c3ccccc3)no2)CCCN1C(=O)C1CCC1. The molecule has 1 saturated carbocycles. The van der Waals surface area contributed by atoms with Gasteiger partial charge in [0.25, 0.3) is 0 Å². The van der Waals surface area contributed by atoms with Crippen molar-refractivity contribution in [2.45, 2.75) is 64.0 Å². The van der Waals surface area contributed by atoms with Gasteiger partial charge in [0.05, 0.1) is 0 Å². The number of nitrogens with one attached hydrogen (secondary N) is 1. The molecule has 1 saturated heterocycles. The molecule has 29 heavy (non-hydrogen) atoms. The third kappa shape index (κ3) is 3.80. The van der Waals surface area contributed by atoms with Crippen LogP contribution in [0.15, 0.2) is 40.9 Å². The summed E-state index contributed by atoms with van der Waals surface area (Å²) in [7, 11) is 0. The lowest BCUT2D eigenvalue weighted by molar-refractivity contribution is -0.150. The predicted molar refractivity (Wildman–Crippen MR) is 110 cm³/mol. The highest BCUT2D eigenvalue weighted by atomic mass is 16.5. The molecule has 6 nitrogen and oxygen atoms in total. The number of nitrogens with zero attached hydrogens (tertiary/aromatic N) is 2. The number of carbonyl (C=O) groups excluding carboxylic acids is 2. The van der Waals surface area contributed by atoms with Crippen molar-refractivity contribution in [1.29, 1.82) is 0 Å². The van der Waals surface area contributed by atoms with E-state index >= 15 is 0 Å². The molecule has 1 aromatic carbocycles. The van der Waals surface area contributed by atoms with E-state index in [0.717, 1.165) is 36.9 Å². The number of hydrogen-bond acceptors (Lipinski definition) is 4. The van der Waals surface area contributed by atoms with Crippen LogP contribution in [0.5, 0.6) is 0 Å². The Morgan fingerprint density at radius 3 is 2.66 bits per heavy atom. The summed E-state index contributed by atoms with van der Waals surface area (Å²) in [6.07, 6.45) is 4.77. The predicted octanol–water partition coefficient (Wildman–Crippen LogP) is 3.57. The lowest BCUT2D eigenvalue weighted by Gasteiger charge is -2.40. The highest BCUT2D eigenvalue weighted by Crippen LogP contribution is 2.38. The number of benzene rings is 1. The van der Waals surface area contributed by atoms with Crippen molar-refractivity contribution in [3.63, 3.8) is 0 Å². The molecule has 154 valence electrons. The van der Waals surface area contributed by atoms with Gasteiger partial charge in [-0.05, 0) is 39.5 Å². The smallest absolute Gasteiger partial charge is 0.246 e. The maximum Gasteiger partial charge on any atom is 0.246 e. The molecule has 0 bridgehead atoms. The van der Waals surface area contributed by atoms with Crippen molar-refractivity contribution >= 4 is 11.8 Å². The van der Waals surface area contributed by atoms with E-state index in [1.165, 1.54) is 0 Å². The second-order valence-electron chi connectivity index (χ2n) is 8.60. The van der Waals surface area contributed by atoms with Gasteiger partial charge in [-0.1, -0.05) is 41.9 Å². The van der Waals surface area contributed by atoms with Gasteiger partial charge in [-0.15, -0.1) is 0 Å². The summed E-state index contributed by atoms with van der Waals surface area (Å²) in [5, 5.41) is 7.25. The van der Waals surface area contributed by atoms with Gasteiger partial charge in [-0.25, -0.2) is 0 Å². The Morgan fingerprint density at radius 1 is 1.24 bits per heavy atom. The zero-order valence-corrected chi connectivity index (χ0v) is 17.2. The summed E-state index contributed by atoms with van der Waals surface area (Å²) < 4.78 is 5.62. The fraction of sp³-hybridized carbons (Fsp3) is 0.522. The fourth-order valence-corrected chi connectivity index (χ4v) is 4.40. The molecule has 0 radical (unpaired) electrons. The Morgan fingerprint density at radius 2 is 2.00 bits per heavy atom. The second-order valence-corrected chi connectivity index (χ2v) is 8.60. The van der Waals surface area contributed by atoms with Crippen molar-refractivity contribution in [3.8, 4) is 11.3 Å². The van der Waals surface area contributed by atoms with E-state index in [1.54, 1.807) is 0 Å². The van der Waals surface area contributed by atoms with Crippen molar-refractivity contribution in [2.24, 2.45) is 5.92 Å².